The van der Waals surface area contributed by atoms with Crippen molar-refractivity contribution in [1.82, 2.24) is 4.90 Å². The Morgan fingerprint density at radius 2 is 2.00 bits per heavy atom. The van der Waals surface area contributed by atoms with E-state index in [9.17, 15) is 9.59 Å². The number of hydrogen-bond donors (Lipinski definition) is 1. The first-order valence-corrected chi connectivity index (χ1v) is 10.9. The molecular formula is C25H31N3O5. The van der Waals surface area contributed by atoms with Crippen LogP contribution in [0.15, 0.2) is 42.5 Å². The highest BCUT2D eigenvalue weighted by Gasteiger charge is 2.31. The van der Waals surface area contributed by atoms with E-state index in [2.05, 4.69) is 5.32 Å². The van der Waals surface area contributed by atoms with Crippen LogP contribution in [0, 0.1) is 0 Å². The quantitative estimate of drug-likeness (QED) is 0.586. The standard InChI is InChI=1S/C25H31N3O5/c1-6-32-22-10-7-18(15-23(22)31-5)8-12-24(29)26-19-9-11-21-20(16-19)28(14-13-27(3)4)25(30)17(2)33-21/h7-12,15-17H,6,13-14H2,1-5H3,(H,26,29)/b12-8+. The average Bonchev–Trinajstić information content (AvgIpc) is 2.79. The van der Waals surface area contributed by atoms with Crippen LogP contribution < -0.4 is 24.4 Å². The van der Waals surface area contributed by atoms with Crippen molar-refractivity contribution >= 4 is 29.3 Å². The van der Waals surface area contributed by atoms with Gasteiger partial charge in [0.25, 0.3) is 5.91 Å². The van der Waals surface area contributed by atoms with E-state index in [0.29, 0.717) is 48.3 Å². The monoisotopic (exact) mass is 453 g/mol. The second kappa shape index (κ2) is 10.9. The van der Waals surface area contributed by atoms with Crippen LogP contribution in [-0.2, 0) is 9.59 Å². The first-order chi connectivity index (χ1) is 15.8. The van der Waals surface area contributed by atoms with Gasteiger partial charge in [0, 0.05) is 24.9 Å². The lowest BCUT2D eigenvalue weighted by Crippen LogP contribution is -2.46. The second-order valence-corrected chi connectivity index (χ2v) is 7.90. The smallest absolute Gasteiger partial charge is 0.267 e. The molecule has 0 fully saturated rings. The third-order valence-corrected chi connectivity index (χ3v) is 5.12. The number of rotatable bonds is 9. The maximum atomic E-state index is 12.7. The second-order valence-electron chi connectivity index (χ2n) is 7.90. The van der Waals surface area contributed by atoms with Gasteiger partial charge in [0.05, 0.1) is 19.4 Å². The molecule has 0 saturated heterocycles. The molecular weight excluding hydrogens is 422 g/mol. The third kappa shape index (κ3) is 6.04. The van der Waals surface area contributed by atoms with Gasteiger partial charge in [-0.25, -0.2) is 0 Å². The molecule has 0 bridgehead atoms. The van der Waals surface area contributed by atoms with Crippen molar-refractivity contribution in [3.63, 3.8) is 0 Å². The van der Waals surface area contributed by atoms with Crippen molar-refractivity contribution < 1.29 is 23.8 Å². The molecule has 176 valence electrons. The predicted molar refractivity (Wildman–Crippen MR) is 129 cm³/mol. The fourth-order valence-electron chi connectivity index (χ4n) is 3.43. The highest BCUT2D eigenvalue weighted by Crippen LogP contribution is 2.36. The van der Waals surface area contributed by atoms with Crippen LogP contribution in [0.25, 0.3) is 6.08 Å². The molecule has 1 heterocycles. The van der Waals surface area contributed by atoms with Crippen LogP contribution in [0.1, 0.15) is 19.4 Å². The van der Waals surface area contributed by atoms with E-state index in [1.807, 2.05) is 38.1 Å². The number of hydrogen-bond acceptors (Lipinski definition) is 6. The molecule has 8 nitrogen and oxygen atoms in total. The first kappa shape index (κ1) is 24.1. The molecule has 1 atom stereocenters. The lowest BCUT2D eigenvalue weighted by atomic mass is 10.1. The molecule has 2 aromatic carbocycles. The Balaban J connectivity index is 1.73. The number of amides is 2. The minimum absolute atomic E-state index is 0.0998. The third-order valence-electron chi connectivity index (χ3n) is 5.12. The van der Waals surface area contributed by atoms with Gasteiger partial charge in [0.1, 0.15) is 5.75 Å². The molecule has 0 radical (unpaired) electrons. The van der Waals surface area contributed by atoms with Crippen LogP contribution >= 0.6 is 0 Å². The van der Waals surface area contributed by atoms with Crippen molar-refractivity contribution in [3.05, 3.63) is 48.0 Å². The van der Waals surface area contributed by atoms with Crippen LogP contribution in [-0.4, -0.2) is 63.7 Å². The molecule has 1 aliphatic heterocycles. The van der Waals surface area contributed by atoms with Crippen molar-refractivity contribution in [1.29, 1.82) is 0 Å². The van der Waals surface area contributed by atoms with E-state index in [1.54, 1.807) is 49.3 Å². The minimum Gasteiger partial charge on any atom is -0.493 e. The lowest BCUT2D eigenvalue weighted by molar-refractivity contribution is -0.125. The molecule has 3 rings (SSSR count). The maximum Gasteiger partial charge on any atom is 0.267 e. The number of methoxy groups -OCH3 is 1. The summed E-state index contributed by atoms with van der Waals surface area (Å²) in [5, 5.41) is 2.85. The molecule has 0 aromatic heterocycles. The fraction of sp³-hybridized carbons (Fsp3) is 0.360. The Hall–Kier alpha value is -3.52. The molecule has 1 unspecified atom stereocenters. The molecule has 33 heavy (non-hydrogen) atoms. The number of likely N-dealkylation sites (N-methyl/N-ethyl adjacent to an activating group) is 1. The SMILES string of the molecule is CCOc1ccc(/C=C/C(=O)Nc2ccc3c(c2)N(CCN(C)C)C(=O)C(C)O3)cc1OC. The van der Waals surface area contributed by atoms with Gasteiger partial charge in [-0.15, -0.1) is 0 Å². The van der Waals surface area contributed by atoms with E-state index in [0.717, 1.165) is 5.56 Å². The molecule has 0 aliphatic carbocycles. The van der Waals surface area contributed by atoms with Crippen LogP contribution in [0.5, 0.6) is 17.2 Å². The minimum atomic E-state index is -0.547. The zero-order valence-corrected chi connectivity index (χ0v) is 19.8. The number of ether oxygens (including phenoxy) is 3. The van der Waals surface area contributed by atoms with Crippen LogP contribution in [0.3, 0.4) is 0 Å². The lowest BCUT2D eigenvalue weighted by Gasteiger charge is -2.34. The summed E-state index contributed by atoms with van der Waals surface area (Å²) in [7, 11) is 5.49. The zero-order chi connectivity index (χ0) is 24.0. The van der Waals surface area contributed by atoms with Crippen molar-refractivity contribution in [2.75, 3.05) is 51.1 Å². The summed E-state index contributed by atoms with van der Waals surface area (Å²) in [5.74, 6) is 1.48. The number of benzene rings is 2. The number of nitrogens with one attached hydrogen (secondary N) is 1. The zero-order valence-electron chi connectivity index (χ0n) is 19.8. The van der Waals surface area contributed by atoms with E-state index in [-0.39, 0.29) is 11.8 Å². The van der Waals surface area contributed by atoms with E-state index in [1.165, 1.54) is 6.08 Å². The molecule has 8 heteroatoms. The van der Waals surface area contributed by atoms with Crippen molar-refractivity contribution in [3.8, 4) is 17.2 Å². The summed E-state index contributed by atoms with van der Waals surface area (Å²) in [5.41, 5.74) is 2.03. The Labute approximate surface area is 194 Å². The number of fused-ring (bicyclic) bond motifs is 1. The van der Waals surface area contributed by atoms with E-state index >= 15 is 0 Å². The van der Waals surface area contributed by atoms with Crippen LogP contribution in [0.4, 0.5) is 11.4 Å². The maximum absolute atomic E-state index is 12.7. The Morgan fingerprint density at radius 3 is 2.70 bits per heavy atom. The normalized spacial score (nSPS) is 15.4. The van der Waals surface area contributed by atoms with Gasteiger partial charge in [-0.3, -0.25) is 9.59 Å². The Morgan fingerprint density at radius 1 is 1.21 bits per heavy atom. The number of carbonyl (C=O) groups is 2. The van der Waals surface area contributed by atoms with E-state index < -0.39 is 6.10 Å². The summed E-state index contributed by atoms with van der Waals surface area (Å²) < 4.78 is 16.6. The first-order valence-electron chi connectivity index (χ1n) is 10.9. The highest BCUT2D eigenvalue weighted by atomic mass is 16.5. The van der Waals surface area contributed by atoms with Gasteiger partial charge < -0.3 is 29.3 Å². The Bertz CT molecular complexity index is 1030. The van der Waals surface area contributed by atoms with Gasteiger partial charge in [-0.05, 0) is 69.9 Å². The molecule has 2 aromatic rings. The van der Waals surface area contributed by atoms with Crippen molar-refractivity contribution in [2.24, 2.45) is 0 Å². The fourth-order valence-corrected chi connectivity index (χ4v) is 3.43. The van der Waals surface area contributed by atoms with Gasteiger partial charge in [-0.1, -0.05) is 6.07 Å². The summed E-state index contributed by atoms with van der Waals surface area (Å²) in [6.07, 6.45) is 2.60. The molecule has 1 aliphatic rings. The molecule has 0 spiro atoms. The number of nitrogens with zero attached hydrogens (tertiary/aromatic N) is 2. The molecule has 1 N–H and O–H groups in total. The van der Waals surface area contributed by atoms with Gasteiger partial charge >= 0.3 is 0 Å². The van der Waals surface area contributed by atoms with Crippen molar-refractivity contribution in [2.45, 2.75) is 20.0 Å². The molecule has 0 saturated carbocycles. The topological polar surface area (TPSA) is 80.3 Å². The van der Waals surface area contributed by atoms with Gasteiger partial charge in [0.2, 0.25) is 5.91 Å². The number of carbonyl (C=O) groups excluding carboxylic acids is 2. The average molecular weight is 454 g/mol. The predicted octanol–water partition coefficient (Wildman–Crippen LogP) is 3.42. The number of anilines is 2. The summed E-state index contributed by atoms with van der Waals surface area (Å²) in [4.78, 5) is 28.9. The van der Waals surface area contributed by atoms with Gasteiger partial charge in [0.15, 0.2) is 17.6 Å². The van der Waals surface area contributed by atoms with Gasteiger partial charge in [-0.2, -0.15) is 0 Å². The molecule has 2 amide bonds. The van der Waals surface area contributed by atoms with Crippen LogP contribution in [0.2, 0.25) is 0 Å². The highest BCUT2D eigenvalue weighted by molar-refractivity contribution is 6.04. The summed E-state index contributed by atoms with van der Waals surface area (Å²) in [6, 6.07) is 10.8. The summed E-state index contributed by atoms with van der Waals surface area (Å²) >= 11 is 0. The largest absolute Gasteiger partial charge is 0.493 e. The summed E-state index contributed by atoms with van der Waals surface area (Å²) in [6.45, 7) is 5.43. The van der Waals surface area contributed by atoms with E-state index in [4.69, 9.17) is 14.2 Å². The Kier molecular flexibility index (Phi) is 7.95.